The van der Waals surface area contributed by atoms with Crippen LogP contribution in [-0.2, 0) is 4.79 Å². The Balaban J connectivity index is 2.81. The first-order valence-electron chi connectivity index (χ1n) is 4.73. The second-order valence-corrected chi connectivity index (χ2v) is 4.82. The minimum atomic E-state index is -0.801. The molecule has 0 amide bonds. The normalized spacial score (nSPS) is 10.2. The molecule has 0 aliphatic heterocycles. The number of halogens is 1. The maximum absolute atomic E-state index is 10.4. The highest BCUT2D eigenvalue weighted by atomic mass is 35.5. The minimum absolute atomic E-state index is 0.124. The van der Waals surface area contributed by atoms with Gasteiger partial charge in [-0.1, -0.05) is 11.6 Å². The lowest BCUT2D eigenvalue weighted by molar-refractivity contribution is -0.136. The van der Waals surface area contributed by atoms with Crippen LogP contribution in [0.5, 0.6) is 5.75 Å². The number of methoxy groups -OCH3 is 1. The number of hydrogen-bond acceptors (Lipinski definition) is 3. The van der Waals surface area contributed by atoms with Crippen LogP contribution in [0.1, 0.15) is 12.0 Å². The van der Waals surface area contributed by atoms with Gasteiger partial charge in [0.05, 0.1) is 18.4 Å². The monoisotopic (exact) mass is 260 g/mol. The average molecular weight is 261 g/mol. The van der Waals surface area contributed by atoms with Gasteiger partial charge in [0, 0.05) is 10.8 Å². The summed E-state index contributed by atoms with van der Waals surface area (Å²) in [4.78, 5) is 11.3. The Labute approximate surface area is 104 Å². The Hall–Kier alpha value is -0.870. The van der Waals surface area contributed by atoms with Crippen LogP contribution in [-0.4, -0.2) is 23.9 Å². The molecule has 0 saturated carbocycles. The fourth-order valence-electron chi connectivity index (χ4n) is 1.32. The summed E-state index contributed by atoms with van der Waals surface area (Å²) in [6, 6.07) is 3.61. The van der Waals surface area contributed by atoms with Gasteiger partial charge in [-0.15, -0.1) is 11.8 Å². The number of carboxylic acids is 1. The molecule has 0 aliphatic carbocycles. The van der Waals surface area contributed by atoms with E-state index in [4.69, 9.17) is 21.4 Å². The predicted molar refractivity (Wildman–Crippen MR) is 65.7 cm³/mol. The number of carboxylic acid groups (broad SMARTS) is 1. The molecule has 5 heteroatoms. The second kappa shape index (κ2) is 6.01. The number of hydrogen-bond donors (Lipinski definition) is 1. The molecule has 16 heavy (non-hydrogen) atoms. The summed E-state index contributed by atoms with van der Waals surface area (Å²) in [5.41, 5.74) is 0.952. The molecule has 0 radical (unpaired) electrons. The zero-order valence-electron chi connectivity index (χ0n) is 9.12. The number of carbonyl (C=O) groups is 1. The number of benzene rings is 1. The second-order valence-electron chi connectivity index (χ2n) is 3.25. The van der Waals surface area contributed by atoms with Crippen molar-refractivity contribution in [3.05, 3.63) is 22.7 Å². The summed E-state index contributed by atoms with van der Waals surface area (Å²) in [5.74, 6) is 0.468. The molecule has 1 N–H and O–H groups in total. The van der Waals surface area contributed by atoms with E-state index in [0.717, 1.165) is 16.2 Å². The minimum Gasteiger partial charge on any atom is -0.495 e. The molecule has 0 heterocycles. The van der Waals surface area contributed by atoms with Gasteiger partial charge in [-0.05, 0) is 24.6 Å². The van der Waals surface area contributed by atoms with Crippen LogP contribution < -0.4 is 4.74 Å². The molecule has 1 aromatic rings. The summed E-state index contributed by atoms with van der Waals surface area (Å²) < 4.78 is 5.26. The van der Waals surface area contributed by atoms with Crippen molar-refractivity contribution in [2.45, 2.75) is 18.2 Å². The Morgan fingerprint density at radius 1 is 1.56 bits per heavy atom. The molecular formula is C11H13ClO3S. The molecule has 88 valence electrons. The smallest absolute Gasteiger partial charge is 0.304 e. The van der Waals surface area contributed by atoms with Crippen molar-refractivity contribution in [3.63, 3.8) is 0 Å². The third-order valence-corrected chi connectivity index (χ3v) is 3.22. The van der Waals surface area contributed by atoms with Crippen molar-refractivity contribution < 1.29 is 14.6 Å². The van der Waals surface area contributed by atoms with Gasteiger partial charge in [0.25, 0.3) is 0 Å². The highest BCUT2D eigenvalue weighted by Gasteiger charge is 2.09. The van der Waals surface area contributed by atoms with E-state index < -0.39 is 5.97 Å². The zero-order chi connectivity index (χ0) is 12.1. The van der Waals surface area contributed by atoms with Crippen molar-refractivity contribution in [2.24, 2.45) is 0 Å². The van der Waals surface area contributed by atoms with Gasteiger partial charge in [0.15, 0.2) is 0 Å². The highest BCUT2D eigenvalue weighted by Crippen LogP contribution is 2.35. The van der Waals surface area contributed by atoms with Gasteiger partial charge in [0.1, 0.15) is 5.75 Å². The summed E-state index contributed by atoms with van der Waals surface area (Å²) in [5, 5.41) is 9.19. The lowest BCUT2D eigenvalue weighted by Crippen LogP contribution is -1.97. The van der Waals surface area contributed by atoms with Gasteiger partial charge in [-0.2, -0.15) is 0 Å². The first-order chi connectivity index (χ1) is 7.54. The van der Waals surface area contributed by atoms with Crippen molar-refractivity contribution in [1.29, 1.82) is 0 Å². The van der Waals surface area contributed by atoms with E-state index >= 15 is 0 Å². The Morgan fingerprint density at radius 2 is 2.25 bits per heavy atom. The number of aryl methyl sites for hydroxylation is 1. The standard InChI is InChI=1S/C11H13ClO3S/c1-7-5-8(12)6-9(11(7)15-2)16-4-3-10(13)14/h5-6H,3-4H2,1-2H3,(H,13,14). The molecule has 1 aromatic carbocycles. The third kappa shape index (κ3) is 3.61. The molecule has 0 bridgehead atoms. The highest BCUT2D eigenvalue weighted by molar-refractivity contribution is 7.99. The topological polar surface area (TPSA) is 46.5 Å². The fourth-order valence-corrected chi connectivity index (χ4v) is 2.74. The SMILES string of the molecule is COc1c(C)cc(Cl)cc1SCCC(=O)O. The largest absolute Gasteiger partial charge is 0.495 e. The molecule has 0 atom stereocenters. The van der Waals surface area contributed by atoms with E-state index in [2.05, 4.69) is 0 Å². The predicted octanol–water partition coefficient (Wildman–Crippen LogP) is 3.22. The van der Waals surface area contributed by atoms with Crippen LogP contribution >= 0.6 is 23.4 Å². The summed E-state index contributed by atoms with van der Waals surface area (Å²) in [6.45, 7) is 1.91. The molecule has 0 aromatic heterocycles. The van der Waals surface area contributed by atoms with Crippen LogP contribution in [0.25, 0.3) is 0 Å². The molecule has 0 spiro atoms. The zero-order valence-corrected chi connectivity index (χ0v) is 10.7. The molecule has 1 rings (SSSR count). The third-order valence-electron chi connectivity index (χ3n) is 1.98. The number of rotatable bonds is 5. The van der Waals surface area contributed by atoms with E-state index in [1.54, 1.807) is 13.2 Å². The average Bonchev–Trinajstić information content (AvgIpc) is 2.16. The van der Waals surface area contributed by atoms with Gasteiger partial charge in [-0.3, -0.25) is 4.79 Å². The summed E-state index contributed by atoms with van der Waals surface area (Å²) >= 11 is 7.37. The van der Waals surface area contributed by atoms with Crippen molar-refractivity contribution in [1.82, 2.24) is 0 Å². The van der Waals surface area contributed by atoms with E-state index in [0.29, 0.717) is 10.8 Å². The number of thioether (sulfide) groups is 1. The lowest BCUT2D eigenvalue weighted by atomic mass is 10.2. The Morgan fingerprint density at radius 3 is 2.81 bits per heavy atom. The van der Waals surface area contributed by atoms with Crippen LogP contribution in [0.2, 0.25) is 5.02 Å². The van der Waals surface area contributed by atoms with E-state index in [1.807, 2.05) is 13.0 Å². The maximum atomic E-state index is 10.4. The molecule has 0 aliphatic rings. The van der Waals surface area contributed by atoms with Crippen LogP contribution in [0, 0.1) is 6.92 Å². The van der Waals surface area contributed by atoms with E-state index in [9.17, 15) is 4.79 Å². The number of aliphatic carboxylic acids is 1. The molecule has 3 nitrogen and oxygen atoms in total. The summed E-state index contributed by atoms with van der Waals surface area (Å²) in [7, 11) is 1.59. The summed E-state index contributed by atoms with van der Waals surface area (Å²) in [6.07, 6.45) is 0.124. The quantitative estimate of drug-likeness (QED) is 0.826. The van der Waals surface area contributed by atoms with Crippen molar-refractivity contribution in [3.8, 4) is 5.75 Å². The van der Waals surface area contributed by atoms with Gasteiger partial charge in [-0.25, -0.2) is 0 Å². The van der Waals surface area contributed by atoms with Crippen LogP contribution in [0.4, 0.5) is 0 Å². The van der Waals surface area contributed by atoms with Crippen LogP contribution in [0.15, 0.2) is 17.0 Å². The van der Waals surface area contributed by atoms with Gasteiger partial charge >= 0.3 is 5.97 Å². The van der Waals surface area contributed by atoms with Gasteiger partial charge < -0.3 is 9.84 Å². The molecular weight excluding hydrogens is 248 g/mol. The van der Waals surface area contributed by atoms with Crippen molar-refractivity contribution in [2.75, 3.05) is 12.9 Å². The molecule has 0 unspecified atom stereocenters. The number of ether oxygens (including phenoxy) is 1. The van der Waals surface area contributed by atoms with E-state index in [-0.39, 0.29) is 6.42 Å². The molecule has 0 fully saturated rings. The van der Waals surface area contributed by atoms with E-state index in [1.165, 1.54) is 11.8 Å². The Kier molecular flexibility index (Phi) is 4.96. The lowest BCUT2D eigenvalue weighted by Gasteiger charge is -2.11. The fraction of sp³-hybridized carbons (Fsp3) is 0.364. The van der Waals surface area contributed by atoms with Gasteiger partial charge in [0.2, 0.25) is 0 Å². The molecule has 0 saturated heterocycles. The maximum Gasteiger partial charge on any atom is 0.304 e. The Bertz CT molecular complexity index is 393. The van der Waals surface area contributed by atoms with Crippen LogP contribution in [0.3, 0.4) is 0 Å². The first kappa shape index (κ1) is 13.2. The first-order valence-corrected chi connectivity index (χ1v) is 6.09. The van der Waals surface area contributed by atoms with Crippen molar-refractivity contribution >= 4 is 29.3 Å².